The first-order valence-corrected chi connectivity index (χ1v) is 4.91. The van der Waals surface area contributed by atoms with Gasteiger partial charge in [-0.2, -0.15) is 0 Å². The van der Waals surface area contributed by atoms with Crippen molar-refractivity contribution in [1.29, 1.82) is 0 Å². The first-order valence-electron chi connectivity index (χ1n) is 4.03. The van der Waals surface area contributed by atoms with Crippen LogP contribution in [0.3, 0.4) is 0 Å². The summed E-state index contributed by atoms with van der Waals surface area (Å²) in [6, 6.07) is 8.40. The lowest BCUT2D eigenvalue weighted by atomic mass is 10.3. The molecule has 0 spiro atoms. The molecule has 1 N–H and O–H groups in total. The summed E-state index contributed by atoms with van der Waals surface area (Å²) in [5, 5.41) is 3.91. The van der Waals surface area contributed by atoms with Crippen molar-refractivity contribution in [2.75, 3.05) is 5.32 Å². The molecule has 0 aromatic heterocycles. The minimum atomic E-state index is 0.486. The van der Waals surface area contributed by atoms with Crippen molar-refractivity contribution >= 4 is 17.4 Å². The second-order valence-electron chi connectivity index (χ2n) is 2.77. The quantitative estimate of drug-likeness (QED) is 0.697. The van der Waals surface area contributed by atoms with E-state index < -0.39 is 0 Å². The topological polar surface area (TPSA) is 12.0 Å². The van der Waals surface area contributed by atoms with E-state index in [1.165, 1.54) is 10.6 Å². The SMILES string of the molecule is C=CCC1Nc2ccccc2S1. The number of anilines is 1. The van der Waals surface area contributed by atoms with E-state index in [0.717, 1.165) is 6.42 Å². The summed E-state index contributed by atoms with van der Waals surface area (Å²) >= 11 is 1.88. The van der Waals surface area contributed by atoms with Gasteiger partial charge in [-0.3, -0.25) is 0 Å². The Hall–Kier alpha value is -0.890. The molecule has 1 nitrogen and oxygen atoms in total. The molecule has 0 amide bonds. The van der Waals surface area contributed by atoms with Gasteiger partial charge in [-0.15, -0.1) is 6.58 Å². The fourth-order valence-corrected chi connectivity index (χ4v) is 2.44. The lowest BCUT2D eigenvalue weighted by Crippen LogP contribution is -2.07. The molecule has 0 bridgehead atoms. The summed E-state index contributed by atoms with van der Waals surface area (Å²) in [5.41, 5.74) is 1.26. The highest BCUT2D eigenvalue weighted by molar-refractivity contribution is 8.00. The second-order valence-corrected chi connectivity index (χ2v) is 4.02. The molecular weight excluding hydrogens is 166 g/mol. The summed E-state index contributed by atoms with van der Waals surface area (Å²) in [4.78, 5) is 1.35. The highest BCUT2D eigenvalue weighted by Crippen LogP contribution is 2.39. The molecule has 2 rings (SSSR count). The van der Waals surface area contributed by atoms with Gasteiger partial charge in [0, 0.05) is 10.6 Å². The third-order valence-corrected chi connectivity index (χ3v) is 3.06. The minimum Gasteiger partial charge on any atom is -0.372 e. The van der Waals surface area contributed by atoms with E-state index in [-0.39, 0.29) is 0 Å². The van der Waals surface area contributed by atoms with Crippen LogP contribution in [0.25, 0.3) is 0 Å². The summed E-state index contributed by atoms with van der Waals surface area (Å²) in [6.07, 6.45) is 2.97. The Kier molecular flexibility index (Phi) is 2.09. The highest BCUT2D eigenvalue weighted by atomic mass is 32.2. The normalized spacial score (nSPS) is 19.8. The van der Waals surface area contributed by atoms with E-state index in [0.29, 0.717) is 5.37 Å². The zero-order valence-corrected chi connectivity index (χ0v) is 7.60. The number of hydrogen-bond acceptors (Lipinski definition) is 2. The molecule has 1 unspecified atom stereocenters. The molecule has 1 heterocycles. The van der Waals surface area contributed by atoms with Gasteiger partial charge < -0.3 is 5.32 Å². The van der Waals surface area contributed by atoms with Gasteiger partial charge >= 0.3 is 0 Å². The summed E-state index contributed by atoms with van der Waals surface area (Å²) in [7, 11) is 0. The van der Waals surface area contributed by atoms with E-state index in [1.54, 1.807) is 0 Å². The number of nitrogens with one attached hydrogen (secondary N) is 1. The molecule has 2 heteroatoms. The maximum absolute atomic E-state index is 3.73. The van der Waals surface area contributed by atoms with Crippen molar-refractivity contribution in [3.8, 4) is 0 Å². The van der Waals surface area contributed by atoms with E-state index in [4.69, 9.17) is 0 Å². The van der Waals surface area contributed by atoms with Crippen molar-refractivity contribution in [3.63, 3.8) is 0 Å². The Labute approximate surface area is 76.9 Å². The molecule has 0 fully saturated rings. The maximum Gasteiger partial charge on any atom is 0.0804 e. The fourth-order valence-electron chi connectivity index (χ4n) is 1.30. The molecule has 1 aliphatic heterocycles. The van der Waals surface area contributed by atoms with E-state index in [1.807, 2.05) is 17.8 Å². The Balaban J connectivity index is 2.16. The first kappa shape index (κ1) is 7.74. The van der Waals surface area contributed by atoms with Crippen LogP contribution in [-0.4, -0.2) is 5.37 Å². The van der Waals surface area contributed by atoms with Crippen LogP contribution >= 0.6 is 11.8 Å². The average molecular weight is 177 g/mol. The van der Waals surface area contributed by atoms with Crippen LogP contribution in [0.5, 0.6) is 0 Å². The van der Waals surface area contributed by atoms with E-state index >= 15 is 0 Å². The van der Waals surface area contributed by atoms with Crippen LogP contribution in [0.1, 0.15) is 6.42 Å². The smallest absolute Gasteiger partial charge is 0.0804 e. The largest absolute Gasteiger partial charge is 0.372 e. The van der Waals surface area contributed by atoms with Crippen LogP contribution in [0, 0.1) is 0 Å². The van der Waals surface area contributed by atoms with E-state index in [2.05, 4.69) is 36.2 Å². The van der Waals surface area contributed by atoms with Crippen molar-refractivity contribution in [2.24, 2.45) is 0 Å². The van der Waals surface area contributed by atoms with Crippen LogP contribution in [-0.2, 0) is 0 Å². The Morgan fingerprint density at radius 1 is 1.50 bits per heavy atom. The molecule has 0 saturated heterocycles. The molecule has 1 aromatic rings. The van der Waals surface area contributed by atoms with Crippen LogP contribution in [0.2, 0.25) is 0 Å². The second kappa shape index (κ2) is 3.23. The number of rotatable bonds is 2. The average Bonchev–Trinajstić information content (AvgIpc) is 2.47. The van der Waals surface area contributed by atoms with Crippen molar-refractivity contribution in [1.82, 2.24) is 0 Å². The first-order chi connectivity index (χ1) is 5.90. The predicted octanol–water partition coefficient (Wildman–Crippen LogP) is 3.11. The molecule has 0 aliphatic carbocycles. The van der Waals surface area contributed by atoms with Gasteiger partial charge in [0.05, 0.1) is 5.37 Å². The van der Waals surface area contributed by atoms with Crippen LogP contribution in [0.4, 0.5) is 5.69 Å². The molecule has 0 radical (unpaired) electrons. The molecule has 1 atom stereocenters. The van der Waals surface area contributed by atoms with Gasteiger partial charge in [0.15, 0.2) is 0 Å². The number of para-hydroxylation sites is 1. The lowest BCUT2D eigenvalue weighted by Gasteiger charge is -2.05. The van der Waals surface area contributed by atoms with Gasteiger partial charge in [-0.05, 0) is 18.6 Å². The summed E-state index contributed by atoms with van der Waals surface area (Å²) < 4.78 is 0. The Morgan fingerprint density at radius 2 is 2.33 bits per heavy atom. The zero-order valence-electron chi connectivity index (χ0n) is 6.79. The summed E-state index contributed by atoms with van der Waals surface area (Å²) in [5.74, 6) is 0. The molecule has 62 valence electrons. The van der Waals surface area contributed by atoms with Gasteiger partial charge in [-0.25, -0.2) is 0 Å². The Bertz CT molecular complexity index is 271. The monoisotopic (exact) mass is 177 g/mol. The van der Waals surface area contributed by atoms with Crippen LogP contribution < -0.4 is 5.32 Å². The van der Waals surface area contributed by atoms with Gasteiger partial charge in [0.25, 0.3) is 0 Å². The number of hydrogen-bond donors (Lipinski definition) is 1. The molecule has 12 heavy (non-hydrogen) atoms. The van der Waals surface area contributed by atoms with Crippen molar-refractivity contribution in [2.45, 2.75) is 16.7 Å². The minimum absolute atomic E-state index is 0.486. The predicted molar refractivity (Wildman–Crippen MR) is 54.5 cm³/mol. The van der Waals surface area contributed by atoms with Gasteiger partial charge in [-0.1, -0.05) is 30.0 Å². The third kappa shape index (κ3) is 1.34. The standard InChI is InChI=1S/C10H11NS/c1-2-5-10-11-8-6-3-4-7-9(8)12-10/h2-4,6-7,10-11H,1,5H2. The van der Waals surface area contributed by atoms with E-state index in [9.17, 15) is 0 Å². The number of benzene rings is 1. The fraction of sp³-hybridized carbons (Fsp3) is 0.200. The molecule has 0 saturated carbocycles. The van der Waals surface area contributed by atoms with Gasteiger partial charge in [0.1, 0.15) is 0 Å². The molecule has 1 aromatic carbocycles. The molecular formula is C10H11NS. The maximum atomic E-state index is 3.73. The Morgan fingerprint density at radius 3 is 3.08 bits per heavy atom. The third-order valence-electron chi connectivity index (χ3n) is 1.85. The zero-order chi connectivity index (χ0) is 8.39. The molecule has 1 aliphatic rings. The summed E-state index contributed by atoms with van der Waals surface area (Å²) in [6.45, 7) is 3.73. The van der Waals surface area contributed by atoms with Crippen molar-refractivity contribution < 1.29 is 0 Å². The van der Waals surface area contributed by atoms with Crippen molar-refractivity contribution in [3.05, 3.63) is 36.9 Å². The number of thioether (sulfide) groups is 1. The number of fused-ring (bicyclic) bond motifs is 1. The lowest BCUT2D eigenvalue weighted by molar-refractivity contribution is 1.01. The van der Waals surface area contributed by atoms with Gasteiger partial charge in [0.2, 0.25) is 0 Å². The van der Waals surface area contributed by atoms with Crippen LogP contribution in [0.15, 0.2) is 41.8 Å². The highest BCUT2D eigenvalue weighted by Gasteiger charge is 2.18.